The van der Waals surface area contributed by atoms with E-state index in [0.29, 0.717) is 22.0 Å². The highest BCUT2D eigenvalue weighted by molar-refractivity contribution is 6.19. The van der Waals surface area contributed by atoms with Crippen LogP contribution in [-0.2, 0) is 0 Å². The predicted molar refractivity (Wildman–Crippen MR) is 87.8 cm³/mol. The van der Waals surface area contributed by atoms with Gasteiger partial charge in [0.25, 0.3) is 5.91 Å². The van der Waals surface area contributed by atoms with Crippen LogP contribution in [0.4, 0.5) is 10.5 Å². The molecule has 2 aromatic rings. The van der Waals surface area contributed by atoms with E-state index in [1.54, 1.807) is 18.2 Å². The fraction of sp³-hybridized carbons (Fsp3) is 0.250. The number of aromatic hydroxyl groups is 1. The van der Waals surface area contributed by atoms with E-state index in [4.69, 9.17) is 11.6 Å². The number of phenols is 1. The minimum absolute atomic E-state index is 0.126. The first-order valence-electron chi connectivity index (χ1n) is 7.06. The Morgan fingerprint density at radius 2 is 2.17 bits per heavy atom. The van der Waals surface area contributed by atoms with Gasteiger partial charge < -0.3 is 15.5 Å². The predicted octanol–water partition coefficient (Wildman–Crippen LogP) is 2.73. The molecule has 0 aromatic heterocycles. The van der Waals surface area contributed by atoms with Crippen molar-refractivity contribution in [3.63, 3.8) is 0 Å². The summed E-state index contributed by atoms with van der Waals surface area (Å²) in [5, 5.41) is 23.3. The summed E-state index contributed by atoms with van der Waals surface area (Å²) < 4.78 is 0. The first-order chi connectivity index (χ1) is 11.0. The number of alkyl halides is 1. The van der Waals surface area contributed by atoms with Crippen LogP contribution < -0.4 is 10.2 Å². The SMILES string of the molecule is CNC(=O)c1cccc2c3c(cc(O)c12)N(C(=O)O)CC3CCl. The van der Waals surface area contributed by atoms with Crippen molar-refractivity contribution in [2.24, 2.45) is 0 Å². The number of nitrogens with one attached hydrogen (secondary N) is 1. The number of nitrogens with zero attached hydrogens (tertiary/aromatic N) is 1. The number of hydrogen-bond acceptors (Lipinski definition) is 3. The molecule has 0 bridgehead atoms. The topological polar surface area (TPSA) is 89.9 Å². The number of carboxylic acid groups (broad SMARTS) is 1. The van der Waals surface area contributed by atoms with E-state index in [9.17, 15) is 19.8 Å². The molecular formula is C16H15ClN2O4. The van der Waals surface area contributed by atoms with Gasteiger partial charge in [-0.3, -0.25) is 9.69 Å². The van der Waals surface area contributed by atoms with Crippen LogP contribution in [0.15, 0.2) is 24.3 Å². The largest absolute Gasteiger partial charge is 0.507 e. The second kappa shape index (κ2) is 5.62. The Balaban J connectivity index is 2.37. The zero-order chi connectivity index (χ0) is 16.7. The molecule has 0 fully saturated rings. The number of halogens is 1. The maximum atomic E-state index is 12.1. The molecule has 3 rings (SSSR count). The lowest BCUT2D eigenvalue weighted by Gasteiger charge is -2.15. The van der Waals surface area contributed by atoms with Gasteiger partial charge in [-0.05, 0) is 17.0 Å². The van der Waals surface area contributed by atoms with Crippen molar-refractivity contribution in [3.8, 4) is 5.75 Å². The average molecular weight is 335 g/mol. The number of carbonyl (C=O) groups excluding carboxylic acids is 1. The highest BCUT2D eigenvalue weighted by Crippen LogP contribution is 2.46. The summed E-state index contributed by atoms with van der Waals surface area (Å²) in [4.78, 5) is 24.7. The number of amides is 2. The number of benzene rings is 2. The van der Waals surface area contributed by atoms with E-state index in [1.807, 2.05) is 0 Å². The third kappa shape index (κ3) is 2.26. The molecule has 1 atom stereocenters. The Hall–Kier alpha value is -2.47. The summed E-state index contributed by atoms with van der Waals surface area (Å²) in [6.45, 7) is 0.233. The third-order valence-electron chi connectivity index (χ3n) is 4.15. The smallest absolute Gasteiger partial charge is 0.411 e. The van der Waals surface area contributed by atoms with Gasteiger partial charge in [-0.15, -0.1) is 11.6 Å². The molecule has 0 saturated carbocycles. The van der Waals surface area contributed by atoms with Crippen molar-refractivity contribution < 1.29 is 19.8 Å². The molecule has 6 nitrogen and oxygen atoms in total. The van der Waals surface area contributed by atoms with E-state index in [1.165, 1.54) is 18.0 Å². The van der Waals surface area contributed by atoms with E-state index < -0.39 is 6.09 Å². The Kier molecular flexibility index (Phi) is 3.77. The minimum atomic E-state index is -1.10. The van der Waals surface area contributed by atoms with Crippen LogP contribution in [-0.4, -0.2) is 41.7 Å². The lowest BCUT2D eigenvalue weighted by Crippen LogP contribution is -2.28. The fourth-order valence-corrected chi connectivity index (χ4v) is 3.42. The van der Waals surface area contributed by atoms with Gasteiger partial charge in [0.05, 0.1) is 11.3 Å². The highest BCUT2D eigenvalue weighted by Gasteiger charge is 2.35. The van der Waals surface area contributed by atoms with Gasteiger partial charge in [0.15, 0.2) is 0 Å². The molecule has 7 heteroatoms. The van der Waals surface area contributed by atoms with Crippen LogP contribution >= 0.6 is 11.6 Å². The molecule has 0 aliphatic carbocycles. The quantitative estimate of drug-likeness (QED) is 0.737. The molecule has 3 N–H and O–H groups in total. The second-order valence-corrected chi connectivity index (χ2v) is 5.69. The lowest BCUT2D eigenvalue weighted by atomic mass is 9.93. The maximum Gasteiger partial charge on any atom is 0.411 e. The molecule has 1 aliphatic heterocycles. The Labute approximate surface area is 137 Å². The van der Waals surface area contributed by atoms with Crippen LogP contribution in [0.3, 0.4) is 0 Å². The molecule has 23 heavy (non-hydrogen) atoms. The van der Waals surface area contributed by atoms with Gasteiger partial charge in [-0.25, -0.2) is 4.79 Å². The molecule has 2 aromatic carbocycles. The summed E-state index contributed by atoms with van der Waals surface area (Å²) in [5.41, 5.74) is 1.51. The summed E-state index contributed by atoms with van der Waals surface area (Å²) in [5.74, 6) is -0.382. The van der Waals surface area contributed by atoms with Crippen molar-refractivity contribution >= 4 is 40.1 Å². The van der Waals surface area contributed by atoms with Gasteiger partial charge in [-0.1, -0.05) is 12.1 Å². The summed E-state index contributed by atoms with van der Waals surface area (Å²) >= 11 is 6.01. The van der Waals surface area contributed by atoms with Crippen LogP contribution in [0.2, 0.25) is 0 Å². The van der Waals surface area contributed by atoms with Gasteiger partial charge in [0, 0.05) is 36.8 Å². The molecule has 0 radical (unpaired) electrons. The molecule has 1 aliphatic rings. The van der Waals surface area contributed by atoms with E-state index >= 15 is 0 Å². The lowest BCUT2D eigenvalue weighted by molar-refractivity contribution is 0.0964. The summed E-state index contributed by atoms with van der Waals surface area (Å²) in [7, 11) is 1.51. The van der Waals surface area contributed by atoms with Crippen molar-refractivity contribution in [1.82, 2.24) is 5.32 Å². The van der Waals surface area contributed by atoms with Crippen LogP contribution in [0.25, 0.3) is 10.8 Å². The maximum absolute atomic E-state index is 12.1. The highest BCUT2D eigenvalue weighted by atomic mass is 35.5. The molecule has 0 saturated heterocycles. The molecule has 2 amide bonds. The molecule has 0 spiro atoms. The van der Waals surface area contributed by atoms with Crippen LogP contribution in [0.1, 0.15) is 21.8 Å². The van der Waals surface area contributed by atoms with Crippen molar-refractivity contribution in [1.29, 1.82) is 0 Å². The summed E-state index contributed by atoms with van der Waals surface area (Å²) in [6, 6.07) is 6.49. The monoisotopic (exact) mass is 334 g/mol. The Morgan fingerprint density at radius 3 is 2.78 bits per heavy atom. The van der Waals surface area contributed by atoms with E-state index in [2.05, 4.69) is 5.32 Å². The zero-order valence-electron chi connectivity index (χ0n) is 12.3. The Morgan fingerprint density at radius 1 is 1.43 bits per heavy atom. The zero-order valence-corrected chi connectivity index (χ0v) is 13.1. The Bertz CT molecular complexity index is 821. The average Bonchev–Trinajstić information content (AvgIpc) is 2.92. The van der Waals surface area contributed by atoms with Gasteiger partial charge in [-0.2, -0.15) is 0 Å². The van der Waals surface area contributed by atoms with Gasteiger partial charge >= 0.3 is 6.09 Å². The van der Waals surface area contributed by atoms with Crippen molar-refractivity contribution in [2.75, 3.05) is 24.4 Å². The number of rotatable bonds is 2. The van der Waals surface area contributed by atoms with Crippen molar-refractivity contribution in [3.05, 3.63) is 35.4 Å². The van der Waals surface area contributed by atoms with Crippen molar-refractivity contribution in [2.45, 2.75) is 5.92 Å². The third-order valence-corrected chi connectivity index (χ3v) is 4.52. The second-order valence-electron chi connectivity index (χ2n) is 5.38. The first kappa shape index (κ1) is 15.4. The van der Waals surface area contributed by atoms with Gasteiger partial charge in [0.1, 0.15) is 5.75 Å². The standard InChI is InChI=1S/C16H15ClN2O4/c1-18-15(21)10-4-2-3-9-13-8(6-17)7-19(16(22)23)11(13)5-12(20)14(9)10/h2-5,8,20H,6-7H2,1H3,(H,18,21)(H,22,23). The molecule has 1 heterocycles. The summed E-state index contributed by atoms with van der Waals surface area (Å²) in [6.07, 6.45) is -1.10. The number of fused-ring (bicyclic) bond motifs is 3. The van der Waals surface area contributed by atoms with E-state index in [-0.39, 0.29) is 30.0 Å². The van der Waals surface area contributed by atoms with E-state index in [0.717, 1.165) is 5.56 Å². The minimum Gasteiger partial charge on any atom is -0.507 e. The molecule has 1 unspecified atom stereocenters. The fourth-order valence-electron chi connectivity index (χ4n) is 3.16. The molecular weight excluding hydrogens is 320 g/mol. The number of anilines is 1. The normalized spacial score (nSPS) is 16.4. The number of hydrogen-bond donors (Lipinski definition) is 3. The van der Waals surface area contributed by atoms with Crippen LogP contribution in [0, 0.1) is 0 Å². The van der Waals surface area contributed by atoms with Crippen LogP contribution in [0.5, 0.6) is 5.75 Å². The van der Waals surface area contributed by atoms with Gasteiger partial charge in [0.2, 0.25) is 0 Å². The number of phenolic OH excluding ortho intramolecular Hbond substituents is 1. The molecule has 120 valence electrons. The first-order valence-corrected chi connectivity index (χ1v) is 7.60. The number of carbonyl (C=O) groups is 2.